The first kappa shape index (κ1) is 16.0. The Bertz CT molecular complexity index is 585. The Kier molecular flexibility index (Phi) is 4.53. The molecule has 1 aromatic heterocycles. The molecule has 2 heterocycles. The SMILES string of the molecule is CCC(=O)NC1CCc2cc(OC3CCN(C4CCC4)CC3)[nH]c21. The molecule has 3 aliphatic rings. The van der Waals surface area contributed by atoms with E-state index in [4.69, 9.17) is 4.74 Å². The molecular formula is C19H29N3O2. The van der Waals surface area contributed by atoms with Gasteiger partial charge in [0.1, 0.15) is 6.10 Å². The predicted octanol–water partition coefficient (Wildman–Crippen LogP) is 2.92. The fourth-order valence-corrected chi connectivity index (χ4v) is 4.24. The van der Waals surface area contributed by atoms with Gasteiger partial charge in [0, 0.05) is 37.3 Å². The van der Waals surface area contributed by atoms with Crippen molar-refractivity contribution in [1.29, 1.82) is 0 Å². The summed E-state index contributed by atoms with van der Waals surface area (Å²) in [5.41, 5.74) is 2.46. The van der Waals surface area contributed by atoms with Gasteiger partial charge in [-0.2, -0.15) is 0 Å². The molecule has 1 unspecified atom stereocenters. The molecule has 2 fully saturated rings. The molecule has 24 heavy (non-hydrogen) atoms. The van der Waals surface area contributed by atoms with Gasteiger partial charge in [-0.25, -0.2) is 0 Å². The molecule has 0 aromatic carbocycles. The number of carbonyl (C=O) groups is 1. The minimum Gasteiger partial charge on any atom is -0.476 e. The van der Waals surface area contributed by atoms with Crippen molar-refractivity contribution in [2.24, 2.45) is 0 Å². The number of nitrogens with zero attached hydrogens (tertiary/aromatic N) is 1. The van der Waals surface area contributed by atoms with Crippen LogP contribution in [0.4, 0.5) is 0 Å². The van der Waals surface area contributed by atoms with Gasteiger partial charge < -0.3 is 19.9 Å². The fraction of sp³-hybridized carbons (Fsp3) is 0.737. The predicted molar refractivity (Wildman–Crippen MR) is 93.2 cm³/mol. The Balaban J connectivity index is 1.32. The minimum atomic E-state index is 0.119. The number of nitrogens with one attached hydrogen (secondary N) is 2. The topological polar surface area (TPSA) is 57.4 Å². The second-order valence-electron chi connectivity index (χ2n) is 7.52. The van der Waals surface area contributed by atoms with Crippen LogP contribution in [-0.4, -0.2) is 41.0 Å². The molecule has 1 aliphatic heterocycles. The lowest BCUT2D eigenvalue weighted by Gasteiger charge is -2.41. The lowest BCUT2D eigenvalue weighted by molar-refractivity contribution is -0.121. The lowest BCUT2D eigenvalue weighted by Crippen LogP contribution is -2.46. The van der Waals surface area contributed by atoms with Gasteiger partial charge in [-0.05, 0) is 44.1 Å². The van der Waals surface area contributed by atoms with Crippen molar-refractivity contribution in [2.75, 3.05) is 13.1 Å². The summed E-state index contributed by atoms with van der Waals surface area (Å²) in [4.78, 5) is 17.7. The first-order valence-corrected chi connectivity index (χ1v) is 9.64. The Labute approximate surface area is 144 Å². The van der Waals surface area contributed by atoms with Crippen LogP contribution < -0.4 is 10.1 Å². The van der Waals surface area contributed by atoms with E-state index in [1.54, 1.807) is 0 Å². The van der Waals surface area contributed by atoms with Gasteiger partial charge in [-0.1, -0.05) is 13.3 Å². The lowest BCUT2D eigenvalue weighted by atomic mass is 9.90. The number of piperidine rings is 1. The molecule has 0 bridgehead atoms. The smallest absolute Gasteiger partial charge is 0.220 e. The Morgan fingerprint density at radius 3 is 2.75 bits per heavy atom. The van der Waals surface area contributed by atoms with Gasteiger partial charge in [0.2, 0.25) is 5.91 Å². The van der Waals surface area contributed by atoms with Crippen LogP contribution >= 0.6 is 0 Å². The average Bonchev–Trinajstić information content (AvgIpc) is 3.09. The fourth-order valence-electron chi connectivity index (χ4n) is 4.24. The Morgan fingerprint density at radius 1 is 1.29 bits per heavy atom. The number of fused-ring (bicyclic) bond motifs is 1. The van der Waals surface area contributed by atoms with Crippen LogP contribution in [0.2, 0.25) is 0 Å². The number of H-pyrrole nitrogens is 1. The highest BCUT2D eigenvalue weighted by molar-refractivity contribution is 5.76. The molecule has 0 radical (unpaired) electrons. The summed E-state index contributed by atoms with van der Waals surface area (Å²) >= 11 is 0. The number of amides is 1. The summed E-state index contributed by atoms with van der Waals surface area (Å²) < 4.78 is 6.22. The molecule has 2 N–H and O–H groups in total. The van der Waals surface area contributed by atoms with Gasteiger partial charge in [-0.3, -0.25) is 4.79 Å². The zero-order valence-electron chi connectivity index (χ0n) is 14.6. The third kappa shape index (κ3) is 3.18. The summed E-state index contributed by atoms with van der Waals surface area (Å²) in [6, 6.07) is 3.12. The second kappa shape index (κ2) is 6.79. The zero-order chi connectivity index (χ0) is 16.5. The molecule has 1 atom stereocenters. The van der Waals surface area contributed by atoms with E-state index in [0.717, 1.165) is 43.3 Å². The van der Waals surface area contributed by atoms with Crippen LogP contribution in [0.25, 0.3) is 0 Å². The standard InChI is InChI=1S/C19H29N3O2/c1-2-17(23)20-16-7-6-13-12-18(21-19(13)16)24-15-8-10-22(11-9-15)14-4-3-5-14/h12,14-16,21H,2-11H2,1H3,(H,20,23). The quantitative estimate of drug-likeness (QED) is 0.872. The van der Waals surface area contributed by atoms with E-state index in [2.05, 4.69) is 21.3 Å². The number of ether oxygens (including phenoxy) is 1. The third-order valence-electron chi connectivity index (χ3n) is 5.98. The van der Waals surface area contributed by atoms with E-state index >= 15 is 0 Å². The monoisotopic (exact) mass is 331 g/mol. The van der Waals surface area contributed by atoms with Crippen molar-refractivity contribution in [2.45, 2.75) is 76.5 Å². The number of hydrogen-bond acceptors (Lipinski definition) is 3. The maximum atomic E-state index is 11.7. The average molecular weight is 331 g/mol. The molecule has 4 rings (SSSR count). The van der Waals surface area contributed by atoms with Crippen LogP contribution in [0.15, 0.2) is 6.07 Å². The summed E-state index contributed by atoms with van der Waals surface area (Å²) in [6.45, 7) is 4.24. The van der Waals surface area contributed by atoms with Crippen molar-refractivity contribution in [1.82, 2.24) is 15.2 Å². The first-order chi connectivity index (χ1) is 11.7. The number of aryl methyl sites for hydroxylation is 1. The van der Waals surface area contributed by atoms with Gasteiger partial charge in [0.25, 0.3) is 0 Å². The third-order valence-corrected chi connectivity index (χ3v) is 5.98. The second-order valence-corrected chi connectivity index (χ2v) is 7.52. The van der Waals surface area contributed by atoms with Crippen molar-refractivity contribution in [3.63, 3.8) is 0 Å². The summed E-state index contributed by atoms with van der Waals surface area (Å²) in [7, 11) is 0. The molecule has 2 aliphatic carbocycles. The minimum absolute atomic E-state index is 0.119. The van der Waals surface area contributed by atoms with Gasteiger partial charge >= 0.3 is 0 Å². The maximum absolute atomic E-state index is 11.7. The summed E-state index contributed by atoms with van der Waals surface area (Å²) in [5, 5.41) is 3.10. The van der Waals surface area contributed by atoms with Crippen molar-refractivity contribution >= 4 is 5.91 Å². The zero-order valence-corrected chi connectivity index (χ0v) is 14.6. The van der Waals surface area contributed by atoms with Crippen LogP contribution in [0.1, 0.15) is 69.2 Å². The van der Waals surface area contributed by atoms with Gasteiger partial charge in [-0.15, -0.1) is 0 Å². The molecule has 0 spiro atoms. The number of hydrogen-bond donors (Lipinski definition) is 2. The van der Waals surface area contributed by atoms with E-state index in [9.17, 15) is 4.79 Å². The number of likely N-dealkylation sites (tertiary alicyclic amines) is 1. The summed E-state index contributed by atoms with van der Waals surface area (Å²) in [6.07, 6.45) is 9.30. The number of aromatic nitrogens is 1. The first-order valence-electron chi connectivity index (χ1n) is 9.64. The highest BCUT2D eigenvalue weighted by atomic mass is 16.5. The van der Waals surface area contributed by atoms with Crippen molar-refractivity contribution in [3.8, 4) is 5.88 Å². The van der Waals surface area contributed by atoms with E-state index in [0.29, 0.717) is 12.5 Å². The highest BCUT2D eigenvalue weighted by Gasteiger charge is 2.31. The van der Waals surface area contributed by atoms with Crippen LogP contribution in [0, 0.1) is 0 Å². The van der Waals surface area contributed by atoms with Gasteiger partial charge in [0.05, 0.1) is 6.04 Å². The van der Waals surface area contributed by atoms with Crippen LogP contribution in [0.3, 0.4) is 0 Å². The molecule has 1 saturated carbocycles. The molecule has 1 saturated heterocycles. The van der Waals surface area contributed by atoms with Crippen molar-refractivity contribution in [3.05, 3.63) is 17.3 Å². The van der Waals surface area contributed by atoms with E-state index in [-0.39, 0.29) is 11.9 Å². The normalized spacial score (nSPS) is 25.3. The number of carbonyl (C=O) groups excluding carboxylic acids is 1. The summed E-state index contributed by atoms with van der Waals surface area (Å²) in [5.74, 6) is 1.01. The van der Waals surface area contributed by atoms with E-state index in [1.807, 2.05) is 6.92 Å². The van der Waals surface area contributed by atoms with E-state index in [1.165, 1.54) is 37.9 Å². The molecule has 1 aromatic rings. The van der Waals surface area contributed by atoms with Gasteiger partial charge in [0.15, 0.2) is 5.88 Å². The molecule has 1 amide bonds. The molecule has 5 heteroatoms. The number of aromatic amines is 1. The molecule has 5 nitrogen and oxygen atoms in total. The Morgan fingerprint density at radius 2 is 2.08 bits per heavy atom. The van der Waals surface area contributed by atoms with E-state index < -0.39 is 0 Å². The largest absolute Gasteiger partial charge is 0.476 e. The molecule has 132 valence electrons. The number of rotatable bonds is 5. The van der Waals surface area contributed by atoms with Crippen LogP contribution in [-0.2, 0) is 11.2 Å². The molecular weight excluding hydrogens is 302 g/mol. The highest BCUT2D eigenvalue weighted by Crippen LogP contribution is 2.35. The Hall–Kier alpha value is -1.49. The maximum Gasteiger partial charge on any atom is 0.220 e. The van der Waals surface area contributed by atoms with Crippen molar-refractivity contribution < 1.29 is 9.53 Å². The van der Waals surface area contributed by atoms with Crippen LogP contribution in [0.5, 0.6) is 5.88 Å².